The Balaban J connectivity index is 1.87. The van der Waals surface area contributed by atoms with E-state index < -0.39 is 5.97 Å². The minimum absolute atomic E-state index is 0.0114. The van der Waals surface area contributed by atoms with Crippen molar-refractivity contribution in [2.75, 3.05) is 19.7 Å². The van der Waals surface area contributed by atoms with Crippen molar-refractivity contribution in [3.05, 3.63) is 28.5 Å². The first kappa shape index (κ1) is 15.9. The lowest BCUT2D eigenvalue weighted by molar-refractivity contribution is -0.146. The summed E-state index contributed by atoms with van der Waals surface area (Å²) in [6.07, 6.45) is 2.94. The van der Waals surface area contributed by atoms with Crippen molar-refractivity contribution in [3.63, 3.8) is 0 Å². The first-order valence-electron chi connectivity index (χ1n) is 6.66. The summed E-state index contributed by atoms with van der Waals surface area (Å²) in [6, 6.07) is 1.60. The number of rotatable bonds is 3. The molecule has 1 aliphatic rings. The average molecular weight is 357 g/mol. The number of carbonyl (C=O) groups excluding carboxylic acids is 2. The lowest BCUT2D eigenvalue weighted by Crippen LogP contribution is -2.49. The van der Waals surface area contributed by atoms with Crippen LogP contribution in [-0.2, 0) is 14.3 Å². The Morgan fingerprint density at radius 2 is 2.05 bits per heavy atom. The first-order valence-corrected chi connectivity index (χ1v) is 7.46. The van der Waals surface area contributed by atoms with Gasteiger partial charge in [-0.3, -0.25) is 9.78 Å². The van der Waals surface area contributed by atoms with Gasteiger partial charge in [0.25, 0.3) is 5.91 Å². The highest BCUT2D eigenvalue weighted by molar-refractivity contribution is 9.10. The molecule has 0 radical (unpaired) electrons. The minimum Gasteiger partial charge on any atom is -0.452 e. The van der Waals surface area contributed by atoms with E-state index in [2.05, 4.69) is 20.9 Å². The molecule has 1 amide bonds. The number of carbonyl (C=O) groups is 2. The number of hydrogen-bond acceptors (Lipinski definition) is 5. The predicted octanol–water partition coefficient (Wildman–Crippen LogP) is 1.64. The van der Waals surface area contributed by atoms with Crippen molar-refractivity contribution < 1.29 is 19.1 Å². The number of halogens is 1. The van der Waals surface area contributed by atoms with Gasteiger partial charge in [0.1, 0.15) is 0 Å². The van der Waals surface area contributed by atoms with Crippen LogP contribution in [0.3, 0.4) is 0 Å². The van der Waals surface area contributed by atoms with Crippen molar-refractivity contribution >= 4 is 27.8 Å². The van der Waals surface area contributed by atoms with Crippen LogP contribution in [0.25, 0.3) is 0 Å². The third-order valence-corrected chi connectivity index (χ3v) is 3.47. The molecule has 0 aromatic carbocycles. The van der Waals surface area contributed by atoms with Gasteiger partial charge >= 0.3 is 5.97 Å². The lowest BCUT2D eigenvalue weighted by atomic mass is 10.2. The molecule has 2 rings (SSSR count). The number of ether oxygens (including phenoxy) is 2. The van der Waals surface area contributed by atoms with E-state index in [9.17, 15) is 9.59 Å². The summed E-state index contributed by atoms with van der Waals surface area (Å²) >= 11 is 3.23. The van der Waals surface area contributed by atoms with Crippen LogP contribution in [-0.4, -0.2) is 53.7 Å². The van der Waals surface area contributed by atoms with E-state index in [1.807, 2.05) is 13.8 Å². The number of hydrogen-bond donors (Lipinski definition) is 0. The molecule has 2 heterocycles. The first-order chi connectivity index (χ1) is 9.95. The third kappa shape index (κ3) is 4.50. The molecule has 0 bridgehead atoms. The Morgan fingerprint density at radius 1 is 1.38 bits per heavy atom. The number of aromatic nitrogens is 1. The zero-order valence-corrected chi connectivity index (χ0v) is 13.5. The van der Waals surface area contributed by atoms with E-state index in [0.29, 0.717) is 23.1 Å². The van der Waals surface area contributed by atoms with Crippen molar-refractivity contribution in [1.82, 2.24) is 9.88 Å². The summed E-state index contributed by atoms with van der Waals surface area (Å²) in [5.74, 6) is -0.778. The molecule has 7 heteroatoms. The number of amides is 1. The normalized spacial score (nSPS) is 22.0. The number of nitrogens with zero attached hydrogens (tertiary/aromatic N) is 2. The Kier molecular flexibility index (Phi) is 5.30. The fourth-order valence-corrected chi connectivity index (χ4v) is 2.57. The number of pyridine rings is 1. The zero-order valence-electron chi connectivity index (χ0n) is 11.9. The fourth-order valence-electron chi connectivity index (χ4n) is 2.21. The van der Waals surface area contributed by atoms with E-state index in [0.717, 1.165) is 0 Å². The second-order valence-electron chi connectivity index (χ2n) is 5.02. The summed E-state index contributed by atoms with van der Waals surface area (Å²) in [7, 11) is 0. The molecule has 0 saturated carbocycles. The van der Waals surface area contributed by atoms with Gasteiger partial charge in [-0.15, -0.1) is 0 Å². The number of morpholine rings is 1. The molecule has 114 valence electrons. The molecule has 0 spiro atoms. The highest BCUT2D eigenvalue weighted by Crippen LogP contribution is 2.12. The van der Waals surface area contributed by atoms with Crippen LogP contribution in [0.5, 0.6) is 0 Å². The lowest BCUT2D eigenvalue weighted by Gasteiger charge is -2.35. The minimum atomic E-state index is -0.563. The maximum absolute atomic E-state index is 12.1. The van der Waals surface area contributed by atoms with E-state index in [1.165, 1.54) is 6.20 Å². The summed E-state index contributed by atoms with van der Waals surface area (Å²) in [5, 5.41) is 0. The maximum Gasteiger partial charge on any atom is 0.340 e. The predicted molar refractivity (Wildman–Crippen MR) is 78.8 cm³/mol. The maximum atomic E-state index is 12.1. The molecule has 1 saturated heterocycles. The molecule has 0 aliphatic carbocycles. The van der Waals surface area contributed by atoms with Crippen LogP contribution < -0.4 is 0 Å². The van der Waals surface area contributed by atoms with E-state index >= 15 is 0 Å². The third-order valence-electron chi connectivity index (χ3n) is 3.04. The van der Waals surface area contributed by atoms with Crippen molar-refractivity contribution in [1.29, 1.82) is 0 Å². The quantitative estimate of drug-likeness (QED) is 0.770. The van der Waals surface area contributed by atoms with Crippen LogP contribution in [0.15, 0.2) is 22.9 Å². The highest BCUT2D eigenvalue weighted by atomic mass is 79.9. The Hall–Kier alpha value is -1.47. The SMILES string of the molecule is C[C@@H]1CN(C(=O)COC(=O)c2cncc(Br)c2)C[C@@H](C)O1. The molecule has 1 aromatic heterocycles. The largest absolute Gasteiger partial charge is 0.452 e. The van der Waals surface area contributed by atoms with Gasteiger partial charge in [0.2, 0.25) is 0 Å². The van der Waals surface area contributed by atoms with E-state index in [4.69, 9.17) is 9.47 Å². The van der Waals surface area contributed by atoms with Gasteiger partial charge in [-0.05, 0) is 35.8 Å². The zero-order chi connectivity index (χ0) is 15.4. The molecule has 1 aliphatic heterocycles. The summed E-state index contributed by atoms with van der Waals surface area (Å²) in [5.41, 5.74) is 0.306. The van der Waals surface area contributed by atoms with Gasteiger partial charge in [-0.25, -0.2) is 4.79 Å². The van der Waals surface area contributed by atoms with Gasteiger partial charge < -0.3 is 14.4 Å². The van der Waals surface area contributed by atoms with Gasteiger partial charge in [-0.2, -0.15) is 0 Å². The number of esters is 1. The molecule has 21 heavy (non-hydrogen) atoms. The van der Waals surface area contributed by atoms with Gasteiger partial charge in [0, 0.05) is 30.0 Å². The van der Waals surface area contributed by atoms with Crippen molar-refractivity contribution in [2.24, 2.45) is 0 Å². The standard InChI is InChI=1S/C14H17BrN2O4/c1-9-6-17(7-10(2)21-9)13(18)8-20-14(19)11-3-12(15)5-16-4-11/h3-5,9-10H,6-8H2,1-2H3/t9-,10-/m1/s1. The summed E-state index contributed by atoms with van der Waals surface area (Å²) < 4.78 is 11.3. The van der Waals surface area contributed by atoms with Crippen molar-refractivity contribution in [2.45, 2.75) is 26.1 Å². The summed E-state index contributed by atoms with van der Waals surface area (Å²) in [6.45, 7) is 4.58. The van der Waals surface area contributed by atoms with Gasteiger partial charge in [0.15, 0.2) is 6.61 Å². The van der Waals surface area contributed by atoms with Crippen LogP contribution in [0.4, 0.5) is 0 Å². The molecule has 0 N–H and O–H groups in total. The monoisotopic (exact) mass is 356 g/mol. The molecule has 1 fully saturated rings. The van der Waals surface area contributed by atoms with E-state index in [-0.39, 0.29) is 24.7 Å². The molecular formula is C14H17BrN2O4. The second kappa shape index (κ2) is 7.00. The highest BCUT2D eigenvalue weighted by Gasteiger charge is 2.26. The smallest absolute Gasteiger partial charge is 0.340 e. The van der Waals surface area contributed by atoms with Gasteiger partial charge in [0.05, 0.1) is 17.8 Å². The molecule has 2 atom stereocenters. The second-order valence-corrected chi connectivity index (χ2v) is 5.94. The van der Waals surface area contributed by atoms with Gasteiger partial charge in [-0.1, -0.05) is 0 Å². The van der Waals surface area contributed by atoms with Crippen LogP contribution >= 0.6 is 15.9 Å². The average Bonchev–Trinajstić information content (AvgIpc) is 2.43. The molecular weight excluding hydrogens is 340 g/mol. The summed E-state index contributed by atoms with van der Waals surface area (Å²) in [4.78, 5) is 29.4. The Bertz CT molecular complexity index is 527. The van der Waals surface area contributed by atoms with Crippen molar-refractivity contribution in [3.8, 4) is 0 Å². The van der Waals surface area contributed by atoms with Crippen LogP contribution in [0, 0.1) is 0 Å². The molecule has 6 nitrogen and oxygen atoms in total. The van der Waals surface area contributed by atoms with Crippen LogP contribution in [0.1, 0.15) is 24.2 Å². The molecule has 0 unspecified atom stereocenters. The molecule has 1 aromatic rings. The van der Waals surface area contributed by atoms with Crippen LogP contribution in [0.2, 0.25) is 0 Å². The Morgan fingerprint density at radius 3 is 2.67 bits per heavy atom. The van der Waals surface area contributed by atoms with E-state index in [1.54, 1.807) is 17.2 Å². The topological polar surface area (TPSA) is 68.7 Å². The fraction of sp³-hybridized carbons (Fsp3) is 0.500. The Labute approximate surface area is 131 Å².